The van der Waals surface area contributed by atoms with Crippen LogP contribution in [0.2, 0.25) is 15.1 Å². The van der Waals surface area contributed by atoms with Gasteiger partial charge in [0.25, 0.3) is 0 Å². The number of halogens is 5. The highest BCUT2D eigenvalue weighted by Gasteiger charge is 2.25. The minimum Gasteiger partial charge on any atom is -0.492 e. The van der Waals surface area contributed by atoms with Crippen molar-refractivity contribution < 1.29 is 23.0 Å². The van der Waals surface area contributed by atoms with E-state index >= 15 is 0 Å². The van der Waals surface area contributed by atoms with Gasteiger partial charge in [0.15, 0.2) is 23.1 Å². The number of carbonyl (C=O) groups is 1. The molecule has 0 saturated heterocycles. The van der Waals surface area contributed by atoms with Crippen molar-refractivity contribution in [1.29, 1.82) is 0 Å². The van der Waals surface area contributed by atoms with Crippen LogP contribution in [0.15, 0.2) is 42.5 Å². The standard InChI is InChI=1S/C20H12Cl3F2NO3/c1-28-19-13(23)7-11(21)15(16(19)25)18-14(24)8-12(22)17(26-18)20(27)29-9-10-5-3-2-4-6-10/h2-8H,9H2,1H3. The minimum absolute atomic E-state index is 0.0473. The molecule has 0 aliphatic carbocycles. The van der Waals surface area contributed by atoms with E-state index < -0.39 is 28.9 Å². The summed E-state index contributed by atoms with van der Waals surface area (Å²) in [5.41, 5.74) is -0.600. The molecule has 1 heterocycles. The zero-order chi connectivity index (χ0) is 21.1. The summed E-state index contributed by atoms with van der Waals surface area (Å²) in [7, 11) is 1.19. The molecule has 0 atom stereocenters. The van der Waals surface area contributed by atoms with Crippen molar-refractivity contribution in [2.24, 2.45) is 0 Å². The van der Waals surface area contributed by atoms with Crippen LogP contribution in [0.1, 0.15) is 16.1 Å². The lowest BCUT2D eigenvalue weighted by molar-refractivity contribution is 0.0466. The monoisotopic (exact) mass is 457 g/mol. The van der Waals surface area contributed by atoms with Crippen LogP contribution in [-0.4, -0.2) is 18.1 Å². The number of methoxy groups -OCH3 is 1. The van der Waals surface area contributed by atoms with Gasteiger partial charge in [-0.3, -0.25) is 0 Å². The quantitative estimate of drug-likeness (QED) is 0.418. The third-order valence-corrected chi connectivity index (χ3v) is 4.77. The highest BCUT2D eigenvalue weighted by atomic mass is 35.5. The third kappa shape index (κ3) is 4.45. The first-order chi connectivity index (χ1) is 13.8. The summed E-state index contributed by atoms with van der Waals surface area (Å²) in [6, 6.07) is 10.9. The average molecular weight is 459 g/mol. The Morgan fingerprint density at radius 3 is 2.38 bits per heavy atom. The summed E-state index contributed by atoms with van der Waals surface area (Å²) < 4.78 is 39.4. The second-order valence-corrected chi connectivity index (χ2v) is 7.00. The van der Waals surface area contributed by atoms with Crippen LogP contribution < -0.4 is 4.74 Å². The highest BCUT2D eigenvalue weighted by Crippen LogP contribution is 2.41. The van der Waals surface area contributed by atoms with E-state index in [0.717, 1.165) is 11.6 Å². The molecule has 0 N–H and O–H groups in total. The molecule has 150 valence electrons. The van der Waals surface area contributed by atoms with Crippen molar-refractivity contribution in [3.63, 3.8) is 0 Å². The first kappa shape index (κ1) is 21.3. The van der Waals surface area contributed by atoms with Crippen molar-refractivity contribution in [2.45, 2.75) is 6.61 Å². The average Bonchev–Trinajstić information content (AvgIpc) is 2.68. The number of hydrogen-bond acceptors (Lipinski definition) is 4. The van der Waals surface area contributed by atoms with E-state index in [9.17, 15) is 13.6 Å². The zero-order valence-electron chi connectivity index (χ0n) is 14.8. The molecule has 2 aromatic carbocycles. The first-order valence-electron chi connectivity index (χ1n) is 8.12. The lowest BCUT2D eigenvalue weighted by Crippen LogP contribution is -2.10. The van der Waals surface area contributed by atoms with Crippen molar-refractivity contribution in [2.75, 3.05) is 7.11 Å². The molecule has 0 aliphatic rings. The third-order valence-electron chi connectivity index (χ3n) is 3.90. The molecular formula is C20H12Cl3F2NO3. The lowest BCUT2D eigenvalue weighted by atomic mass is 10.1. The largest absolute Gasteiger partial charge is 0.492 e. The molecule has 0 fully saturated rings. The lowest BCUT2D eigenvalue weighted by Gasteiger charge is -2.13. The van der Waals surface area contributed by atoms with E-state index in [1.165, 1.54) is 13.2 Å². The van der Waals surface area contributed by atoms with E-state index in [-0.39, 0.29) is 33.1 Å². The van der Waals surface area contributed by atoms with Crippen molar-refractivity contribution in [1.82, 2.24) is 4.98 Å². The summed E-state index contributed by atoms with van der Waals surface area (Å²) in [5, 5.41) is -0.608. The molecule has 29 heavy (non-hydrogen) atoms. The number of hydrogen-bond donors (Lipinski definition) is 0. The van der Waals surface area contributed by atoms with Gasteiger partial charge in [0.2, 0.25) is 0 Å². The Kier molecular flexibility index (Phi) is 6.57. The van der Waals surface area contributed by atoms with Gasteiger partial charge in [-0.25, -0.2) is 18.6 Å². The molecule has 0 spiro atoms. The van der Waals surface area contributed by atoms with Crippen molar-refractivity contribution >= 4 is 40.8 Å². The van der Waals surface area contributed by atoms with Gasteiger partial charge in [0, 0.05) is 0 Å². The summed E-state index contributed by atoms with van der Waals surface area (Å²) in [6.07, 6.45) is 0. The van der Waals surface area contributed by atoms with Gasteiger partial charge in [-0.2, -0.15) is 0 Å². The Morgan fingerprint density at radius 2 is 1.72 bits per heavy atom. The van der Waals surface area contributed by atoms with E-state index in [4.69, 9.17) is 44.3 Å². The molecule has 0 amide bonds. The Balaban J connectivity index is 2.02. The second kappa shape index (κ2) is 8.95. The van der Waals surface area contributed by atoms with Gasteiger partial charge in [-0.05, 0) is 17.7 Å². The molecule has 9 heteroatoms. The fourth-order valence-corrected chi connectivity index (χ4v) is 3.37. The molecule has 4 nitrogen and oxygen atoms in total. The second-order valence-electron chi connectivity index (χ2n) is 5.77. The number of nitrogens with zero attached hydrogens (tertiary/aromatic N) is 1. The van der Waals surface area contributed by atoms with Gasteiger partial charge >= 0.3 is 5.97 Å². The topological polar surface area (TPSA) is 48.4 Å². The smallest absolute Gasteiger partial charge is 0.358 e. The molecule has 1 aromatic heterocycles. The van der Waals surface area contributed by atoms with E-state index in [1.54, 1.807) is 24.3 Å². The predicted molar refractivity (Wildman–Crippen MR) is 107 cm³/mol. The Labute approximate surface area is 179 Å². The maximum absolute atomic E-state index is 14.8. The Morgan fingerprint density at radius 1 is 1.03 bits per heavy atom. The van der Waals surface area contributed by atoms with Crippen LogP contribution in [0.25, 0.3) is 11.3 Å². The Bertz CT molecular complexity index is 1080. The normalized spacial score (nSPS) is 10.7. The molecule has 0 saturated carbocycles. The Hall–Kier alpha value is -2.41. The van der Waals surface area contributed by atoms with Crippen molar-refractivity contribution in [3.8, 4) is 17.0 Å². The van der Waals surface area contributed by atoms with Crippen LogP contribution in [0.5, 0.6) is 5.75 Å². The maximum atomic E-state index is 14.8. The summed E-state index contributed by atoms with van der Waals surface area (Å²) >= 11 is 17.9. The predicted octanol–water partition coefficient (Wildman–Crippen LogP) is 6.35. The summed E-state index contributed by atoms with van der Waals surface area (Å²) in [6.45, 7) is -0.0473. The number of rotatable bonds is 5. The number of aromatic nitrogens is 1. The number of pyridine rings is 1. The van der Waals surface area contributed by atoms with Gasteiger partial charge in [-0.1, -0.05) is 65.1 Å². The van der Waals surface area contributed by atoms with Crippen LogP contribution in [0.4, 0.5) is 8.78 Å². The number of carbonyl (C=O) groups excluding carboxylic acids is 1. The SMILES string of the molecule is COc1c(Cl)cc(Cl)c(-c2nc(C(=O)OCc3ccccc3)c(Cl)cc2F)c1F. The zero-order valence-corrected chi connectivity index (χ0v) is 17.1. The minimum atomic E-state index is -1.03. The number of esters is 1. The van der Waals surface area contributed by atoms with Crippen LogP contribution in [-0.2, 0) is 11.3 Å². The van der Waals surface area contributed by atoms with Gasteiger partial charge in [0.05, 0.1) is 27.7 Å². The number of ether oxygens (including phenoxy) is 2. The van der Waals surface area contributed by atoms with Crippen LogP contribution >= 0.6 is 34.8 Å². The molecule has 0 aliphatic heterocycles. The molecule has 3 rings (SSSR count). The summed E-state index contributed by atoms with van der Waals surface area (Å²) in [5.74, 6) is -3.25. The van der Waals surface area contributed by atoms with Gasteiger partial charge < -0.3 is 9.47 Å². The number of benzene rings is 2. The maximum Gasteiger partial charge on any atom is 0.358 e. The van der Waals surface area contributed by atoms with Crippen LogP contribution in [0.3, 0.4) is 0 Å². The molecule has 3 aromatic rings. The van der Waals surface area contributed by atoms with E-state index in [0.29, 0.717) is 0 Å². The van der Waals surface area contributed by atoms with Gasteiger partial charge in [-0.15, -0.1) is 0 Å². The highest BCUT2D eigenvalue weighted by molar-refractivity contribution is 6.37. The van der Waals surface area contributed by atoms with Crippen LogP contribution in [0, 0.1) is 11.6 Å². The van der Waals surface area contributed by atoms with E-state index in [1.807, 2.05) is 6.07 Å². The molecule has 0 radical (unpaired) electrons. The fraction of sp³-hybridized carbons (Fsp3) is 0.100. The molecule has 0 bridgehead atoms. The summed E-state index contributed by atoms with van der Waals surface area (Å²) in [4.78, 5) is 16.3. The fourth-order valence-electron chi connectivity index (χ4n) is 2.55. The molecule has 0 unspecified atom stereocenters. The van der Waals surface area contributed by atoms with E-state index in [2.05, 4.69) is 4.98 Å². The molecular weight excluding hydrogens is 447 g/mol. The van der Waals surface area contributed by atoms with Crippen molar-refractivity contribution in [3.05, 3.63) is 80.4 Å². The first-order valence-corrected chi connectivity index (χ1v) is 9.25. The van der Waals surface area contributed by atoms with Gasteiger partial charge in [0.1, 0.15) is 12.3 Å².